The van der Waals surface area contributed by atoms with Gasteiger partial charge < -0.3 is 5.11 Å². The first-order valence-corrected chi connectivity index (χ1v) is 6.93. The molecule has 0 amide bonds. The van der Waals surface area contributed by atoms with Crippen LogP contribution in [0.25, 0.3) is 0 Å². The third kappa shape index (κ3) is 4.60. The van der Waals surface area contributed by atoms with Crippen molar-refractivity contribution < 1.29 is 13.9 Å². The summed E-state index contributed by atoms with van der Waals surface area (Å²) in [6.45, 7) is 4.85. The minimum atomic E-state index is -0.763. The molecular weight excluding hydrogens is 276 g/mol. The van der Waals surface area contributed by atoms with Crippen LogP contribution in [0, 0.1) is 17.6 Å². The first-order chi connectivity index (χ1) is 9.94. The second-order valence-corrected chi connectivity index (χ2v) is 5.59. The molecule has 0 aliphatic carbocycles. The van der Waals surface area contributed by atoms with E-state index in [1.807, 2.05) is 0 Å². The molecule has 1 aromatic heterocycles. The lowest BCUT2D eigenvalue weighted by Gasteiger charge is -2.13. The maximum Gasteiger partial charge on any atom is 0.138 e. The van der Waals surface area contributed by atoms with Crippen LogP contribution in [0.1, 0.15) is 25.2 Å². The van der Waals surface area contributed by atoms with Gasteiger partial charge >= 0.3 is 0 Å². The SMILES string of the molecule is CC(C)Cn1ncnc1CC(O)Cc1cc(F)cc(F)c1. The number of nitrogens with zero attached hydrogens (tertiary/aromatic N) is 3. The van der Waals surface area contributed by atoms with Crippen LogP contribution in [0.5, 0.6) is 0 Å². The van der Waals surface area contributed by atoms with Crippen LogP contribution < -0.4 is 0 Å². The van der Waals surface area contributed by atoms with Gasteiger partial charge in [0, 0.05) is 19.0 Å². The molecule has 1 unspecified atom stereocenters. The lowest BCUT2D eigenvalue weighted by atomic mass is 10.0. The molecule has 0 bridgehead atoms. The average molecular weight is 295 g/mol. The molecule has 1 aromatic carbocycles. The van der Waals surface area contributed by atoms with E-state index in [1.54, 1.807) is 4.68 Å². The molecule has 114 valence electrons. The summed E-state index contributed by atoms with van der Waals surface area (Å²) in [6, 6.07) is 3.27. The monoisotopic (exact) mass is 295 g/mol. The fraction of sp³-hybridized carbons (Fsp3) is 0.467. The summed E-state index contributed by atoms with van der Waals surface area (Å²) in [5.41, 5.74) is 0.426. The highest BCUT2D eigenvalue weighted by Gasteiger charge is 2.13. The van der Waals surface area contributed by atoms with Gasteiger partial charge in [0.05, 0.1) is 6.10 Å². The Morgan fingerprint density at radius 2 is 1.81 bits per heavy atom. The van der Waals surface area contributed by atoms with Crippen molar-refractivity contribution in [2.75, 3.05) is 0 Å². The Labute approximate surface area is 122 Å². The molecule has 0 fully saturated rings. The van der Waals surface area contributed by atoms with E-state index >= 15 is 0 Å². The van der Waals surface area contributed by atoms with Crippen LogP contribution in [0.3, 0.4) is 0 Å². The van der Waals surface area contributed by atoms with Gasteiger partial charge in [-0.25, -0.2) is 18.4 Å². The van der Waals surface area contributed by atoms with E-state index in [-0.39, 0.29) is 6.42 Å². The van der Waals surface area contributed by atoms with Crippen molar-refractivity contribution in [1.82, 2.24) is 14.8 Å². The third-order valence-corrected chi connectivity index (χ3v) is 3.05. The summed E-state index contributed by atoms with van der Waals surface area (Å²) in [7, 11) is 0. The molecule has 1 atom stereocenters. The number of aliphatic hydroxyl groups excluding tert-OH is 1. The topological polar surface area (TPSA) is 50.9 Å². The van der Waals surface area contributed by atoms with Gasteiger partial charge in [0.2, 0.25) is 0 Å². The Balaban J connectivity index is 2.01. The zero-order chi connectivity index (χ0) is 15.4. The van der Waals surface area contributed by atoms with E-state index < -0.39 is 17.7 Å². The molecule has 2 rings (SSSR count). The number of halogens is 2. The summed E-state index contributed by atoms with van der Waals surface area (Å²) in [5, 5.41) is 14.2. The van der Waals surface area contributed by atoms with Crippen molar-refractivity contribution >= 4 is 0 Å². The average Bonchev–Trinajstić information content (AvgIpc) is 2.73. The smallest absolute Gasteiger partial charge is 0.138 e. The van der Waals surface area contributed by atoms with Crippen molar-refractivity contribution in [3.63, 3.8) is 0 Å². The van der Waals surface area contributed by atoms with Crippen molar-refractivity contribution in [1.29, 1.82) is 0 Å². The van der Waals surface area contributed by atoms with E-state index in [0.717, 1.165) is 12.6 Å². The second kappa shape index (κ2) is 6.76. The first kappa shape index (κ1) is 15.6. The van der Waals surface area contributed by atoms with Crippen molar-refractivity contribution in [3.05, 3.63) is 47.5 Å². The standard InChI is InChI=1S/C15H19F2N3O/c1-10(2)8-20-15(18-9-19-20)7-14(21)5-11-3-12(16)6-13(17)4-11/h3-4,6,9-10,14,21H,5,7-8H2,1-2H3. The zero-order valence-electron chi connectivity index (χ0n) is 12.1. The number of hydrogen-bond donors (Lipinski definition) is 1. The first-order valence-electron chi connectivity index (χ1n) is 6.93. The molecular formula is C15H19F2N3O. The van der Waals surface area contributed by atoms with E-state index in [2.05, 4.69) is 23.9 Å². The Morgan fingerprint density at radius 1 is 1.14 bits per heavy atom. The highest BCUT2D eigenvalue weighted by molar-refractivity contribution is 5.18. The fourth-order valence-corrected chi connectivity index (χ4v) is 2.23. The van der Waals surface area contributed by atoms with Crippen molar-refractivity contribution in [2.24, 2.45) is 5.92 Å². The summed E-state index contributed by atoms with van der Waals surface area (Å²) in [5.74, 6) is -0.187. The molecule has 0 spiro atoms. The van der Waals surface area contributed by atoms with Crippen LogP contribution in [-0.2, 0) is 19.4 Å². The second-order valence-electron chi connectivity index (χ2n) is 5.59. The minimum absolute atomic E-state index is 0.170. The Hall–Kier alpha value is -1.82. The molecule has 21 heavy (non-hydrogen) atoms. The van der Waals surface area contributed by atoms with Crippen LogP contribution in [0.15, 0.2) is 24.5 Å². The lowest BCUT2D eigenvalue weighted by Crippen LogP contribution is -2.19. The molecule has 0 saturated carbocycles. The predicted molar refractivity (Wildman–Crippen MR) is 74.6 cm³/mol. The molecule has 0 saturated heterocycles. The number of aliphatic hydroxyl groups is 1. The molecule has 1 heterocycles. The molecule has 1 N–H and O–H groups in total. The summed E-state index contributed by atoms with van der Waals surface area (Å²) >= 11 is 0. The number of benzene rings is 1. The number of rotatable bonds is 6. The van der Waals surface area contributed by atoms with Gasteiger partial charge in [-0.1, -0.05) is 13.8 Å². The van der Waals surface area contributed by atoms with E-state index in [1.165, 1.54) is 18.5 Å². The van der Waals surface area contributed by atoms with E-state index in [4.69, 9.17) is 0 Å². The summed E-state index contributed by atoms with van der Waals surface area (Å²) < 4.78 is 28.0. The van der Waals surface area contributed by atoms with Crippen LogP contribution >= 0.6 is 0 Å². The minimum Gasteiger partial charge on any atom is -0.392 e. The van der Waals surface area contributed by atoms with Crippen molar-refractivity contribution in [3.8, 4) is 0 Å². The molecule has 0 radical (unpaired) electrons. The van der Waals surface area contributed by atoms with Gasteiger partial charge in [-0.15, -0.1) is 0 Å². The van der Waals surface area contributed by atoms with Gasteiger partial charge in [-0.2, -0.15) is 5.10 Å². The normalized spacial score (nSPS) is 12.9. The van der Waals surface area contributed by atoms with Crippen LogP contribution in [-0.4, -0.2) is 26.0 Å². The zero-order valence-corrected chi connectivity index (χ0v) is 12.1. The largest absolute Gasteiger partial charge is 0.392 e. The Morgan fingerprint density at radius 3 is 2.43 bits per heavy atom. The maximum absolute atomic E-state index is 13.1. The summed E-state index contributed by atoms with van der Waals surface area (Å²) in [4.78, 5) is 4.13. The Bertz CT molecular complexity index is 578. The molecule has 0 aliphatic heterocycles. The van der Waals surface area contributed by atoms with Gasteiger partial charge in [0.25, 0.3) is 0 Å². The van der Waals surface area contributed by atoms with Crippen molar-refractivity contribution in [2.45, 2.75) is 39.3 Å². The van der Waals surface area contributed by atoms with Crippen LogP contribution in [0.4, 0.5) is 8.78 Å². The molecule has 4 nitrogen and oxygen atoms in total. The van der Waals surface area contributed by atoms with Gasteiger partial charge in [0.15, 0.2) is 0 Å². The molecule has 2 aromatic rings. The third-order valence-electron chi connectivity index (χ3n) is 3.05. The fourth-order valence-electron chi connectivity index (χ4n) is 2.23. The summed E-state index contributed by atoms with van der Waals surface area (Å²) in [6.07, 6.45) is 1.15. The number of hydrogen-bond acceptors (Lipinski definition) is 3. The number of aromatic nitrogens is 3. The Kier molecular flexibility index (Phi) is 5.01. The molecule has 6 heteroatoms. The highest BCUT2D eigenvalue weighted by Crippen LogP contribution is 2.12. The van der Waals surface area contributed by atoms with Gasteiger partial charge in [-0.05, 0) is 30.0 Å². The predicted octanol–water partition coefficient (Wildman–Crippen LogP) is 2.36. The quantitative estimate of drug-likeness (QED) is 0.890. The maximum atomic E-state index is 13.1. The van der Waals surface area contributed by atoms with Crippen LogP contribution in [0.2, 0.25) is 0 Å². The highest BCUT2D eigenvalue weighted by atomic mass is 19.1. The van der Waals surface area contributed by atoms with E-state index in [9.17, 15) is 13.9 Å². The molecule has 0 aliphatic rings. The van der Waals surface area contributed by atoms with Gasteiger partial charge in [-0.3, -0.25) is 0 Å². The lowest BCUT2D eigenvalue weighted by molar-refractivity contribution is 0.170. The van der Waals surface area contributed by atoms with Gasteiger partial charge in [0.1, 0.15) is 23.8 Å². The van der Waals surface area contributed by atoms with E-state index in [0.29, 0.717) is 23.7 Å².